The van der Waals surface area contributed by atoms with E-state index in [0.29, 0.717) is 10.8 Å². The normalized spacial score (nSPS) is 10.4. The minimum absolute atomic E-state index is 0.107. The van der Waals surface area contributed by atoms with Gasteiger partial charge in [-0.05, 0) is 6.92 Å². The number of thioether (sulfide) groups is 1. The Morgan fingerprint density at radius 1 is 1.33 bits per heavy atom. The van der Waals surface area contributed by atoms with Crippen molar-refractivity contribution < 1.29 is 14.3 Å². The summed E-state index contributed by atoms with van der Waals surface area (Å²) in [5.41, 5.74) is 1.54. The van der Waals surface area contributed by atoms with Crippen LogP contribution in [0.5, 0.6) is 0 Å². The first-order chi connectivity index (χ1) is 10.1. The maximum atomic E-state index is 11.8. The van der Waals surface area contributed by atoms with Crippen LogP contribution in [0.4, 0.5) is 5.13 Å². The molecule has 2 rings (SSSR count). The minimum atomic E-state index is -0.354. The van der Waals surface area contributed by atoms with Crippen molar-refractivity contribution in [2.24, 2.45) is 0 Å². The Labute approximate surface area is 134 Å². The van der Waals surface area contributed by atoms with Gasteiger partial charge in [0, 0.05) is 16.5 Å². The van der Waals surface area contributed by atoms with E-state index in [0.717, 1.165) is 10.0 Å². The highest BCUT2D eigenvalue weighted by molar-refractivity contribution is 8.01. The van der Waals surface area contributed by atoms with Gasteiger partial charge in [-0.2, -0.15) is 0 Å². The molecule has 2 aromatic heterocycles. The van der Waals surface area contributed by atoms with Gasteiger partial charge in [-0.3, -0.25) is 9.59 Å². The number of anilines is 1. The summed E-state index contributed by atoms with van der Waals surface area (Å²) in [7, 11) is 1.33. The Bertz CT molecular complexity index is 638. The molecule has 0 radical (unpaired) electrons. The lowest BCUT2D eigenvalue weighted by Gasteiger charge is -1.99. The first-order valence-electron chi connectivity index (χ1n) is 5.93. The number of amides is 1. The van der Waals surface area contributed by atoms with Crippen molar-refractivity contribution in [3.8, 4) is 0 Å². The molecule has 0 unspecified atom stereocenters. The third-order valence-corrected chi connectivity index (χ3v) is 5.22. The maximum Gasteiger partial charge on any atom is 0.311 e. The van der Waals surface area contributed by atoms with Crippen molar-refractivity contribution in [2.45, 2.75) is 17.7 Å². The molecular weight excluding hydrogens is 330 g/mol. The van der Waals surface area contributed by atoms with Crippen LogP contribution in [0.15, 0.2) is 15.1 Å². The quantitative estimate of drug-likeness (QED) is 0.640. The van der Waals surface area contributed by atoms with Crippen molar-refractivity contribution in [1.82, 2.24) is 9.97 Å². The van der Waals surface area contributed by atoms with E-state index in [1.165, 1.54) is 41.5 Å². The number of nitrogens with zero attached hydrogens (tertiary/aromatic N) is 2. The van der Waals surface area contributed by atoms with E-state index in [4.69, 9.17) is 0 Å². The molecule has 0 aliphatic heterocycles. The molecule has 1 N–H and O–H groups in total. The molecule has 0 saturated carbocycles. The Morgan fingerprint density at radius 2 is 2.14 bits per heavy atom. The van der Waals surface area contributed by atoms with E-state index >= 15 is 0 Å². The number of esters is 1. The van der Waals surface area contributed by atoms with E-state index < -0.39 is 0 Å². The number of carbonyl (C=O) groups excluding carboxylic acids is 2. The second kappa shape index (κ2) is 7.53. The average Bonchev–Trinajstić information content (AvgIpc) is 3.05. The van der Waals surface area contributed by atoms with E-state index in [-0.39, 0.29) is 24.1 Å². The Kier molecular flexibility index (Phi) is 5.71. The number of nitrogens with one attached hydrogen (secondary N) is 1. The fraction of sp³-hybridized carbons (Fsp3) is 0.333. The molecule has 2 heterocycles. The van der Waals surface area contributed by atoms with E-state index in [1.54, 1.807) is 5.38 Å². The highest BCUT2D eigenvalue weighted by atomic mass is 32.2. The first-order valence-corrected chi connectivity index (χ1v) is 8.67. The highest BCUT2D eigenvalue weighted by Gasteiger charge is 2.11. The molecule has 112 valence electrons. The fourth-order valence-electron chi connectivity index (χ4n) is 1.35. The van der Waals surface area contributed by atoms with Crippen molar-refractivity contribution in [3.63, 3.8) is 0 Å². The summed E-state index contributed by atoms with van der Waals surface area (Å²) in [4.78, 5) is 31.4. The van der Waals surface area contributed by atoms with E-state index in [2.05, 4.69) is 20.0 Å². The molecule has 0 aromatic carbocycles. The van der Waals surface area contributed by atoms with Gasteiger partial charge in [0.25, 0.3) is 0 Å². The van der Waals surface area contributed by atoms with Gasteiger partial charge < -0.3 is 10.1 Å². The van der Waals surface area contributed by atoms with Crippen LogP contribution in [0.2, 0.25) is 0 Å². The van der Waals surface area contributed by atoms with Crippen molar-refractivity contribution in [2.75, 3.05) is 18.2 Å². The first kappa shape index (κ1) is 15.9. The molecule has 0 atom stereocenters. The van der Waals surface area contributed by atoms with Crippen LogP contribution < -0.4 is 5.32 Å². The van der Waals surface area contributed by atoms with Gasteiger partial charge in [-0.1, -0.05) is 11.8 Å². The van der Waals surface area contributed by atoms with Crippen LogP contribution in [0.1, 0.15) is 11.4 Å². The van der Waals surface area contributed by atoms with Gasteiger partial charge in [0.2, 0.25) is 5.91 Å². The van der Waals surface area contributed by atoms with Gasteiger partial charge in [0.05, 0.1) is 25.0 Å². The van der Waals surface area contributed by atoms with Crippen LogP contribution >= 0.6 is 34.4 Å². The van der Waals surface area contributed by atoms with Gasteiger partial charge in [0.15, 0.2) is 9.47 Å². The number of ether oxygens (including phenoxy) is 1. The predicted octanol–water partition coefficient (Wildman–Crippen LogP) is 2.35. The van der Waals surface area contributed by atoms with Crippen LogP contribution in [0.3, 0.4) is 0 Å². The second-order valence-electron chi connectivity index (χ2n) is 3.99. The summed E-state index contributed by atoms with van der Waals surface area (Å²) in [6.45, 7) is 1.92. The summed E-state index contributed by atoms with van der Waals surface area (Å²) < 4.78 is 5.43. The topological polar surface area (TPSA) is 81.2 Å². The minimum Gasteiger partial charge on any atom is -0.469 e. The summed E-state index contributed by atoms with van der Waals surface area (Å²) in [5.74, 6) is -0.224. The van der Waals surface area contributed by atoms with E-state index in [1.807, 2.05) is 12.3 Å². The fourth-order valence-corrected chi connectivity index (χ4v) is 3.72. The molecule has 0 saturated heterocycles. The summed E-state index contributed by atoms with van der Waals surface area (Å²) >= 11 is 4.19. The van der Waals surface area contributed by atoms with Crippen LogP contribution in [-0.4, -0.2) is 34.7 Å². The summed E-state index contributed by atoms with van der Waals surface area (Å²) in [6, 6.07) is 0. The van der Waals surface area contributed by atoms with Gasteiger partial charge in [-0.25, -0.2) is 9.97 Å². The molecule has 0 spiro atoms. The lowest BCUT2D eigenvalue weighted by Crippen LogP contribution is -2.14. The molecule has 6 nitrogen and oxygen atoms in total. The predicted molar refractivity (Wildman–Crippen MR) is 84.0 cm³/mol. The lowest BCUT2D eigenvalue weighted by atomic mass is 10.3. The standard InChI is InChI=1S/C12H13N3O3S3/c1-7-4-20-12(13-7)21-6-9(16)15-11-14-8(5-19-11)3-10(17)18-2/h4-5H,3,6H2,1-2H3,(H,14,15,16). The number of hydrogen-bond acceptors (Lipinski definition) is 8. The largest absolute Gasteiger partial charge is 0.469 e. The SMILES string of the molecule is COC(=O)Cc1csc(NC(=O)CSc2nc(C)cs2)n1. The van der Waals surface area contributed by atoms with Crippen LogP contribution in [0.25, 0.3) is 0 Å². The van der Waals surface area contributed by atoms with Crippen molar-refractivity contribution >= 4 is 51.4 Å². The molecule has 9 heteroatoms. The number of carbonyl (C=O) groups is 2. The van der Waals surface area contributed by atoms with E-state index in [9.17, 15) is 9.59 Å². The van der Waals surface area contributed by atoms with Gasteiger partial charge in [0.1, 0.15) is 0 Å². The number of rotatable bonds is 6. The summed E-state index contributed by atoms with van der Waals surface area (Å²) in [6.07, 6.45) is 0.107. The average molecular weight is 343 g/mol. The zero-order valence-electron chi connectivity index (χ0n) is 11.4. The molecule has 21 heavy (non-hydrogen) atoms. The molecule has 0 bridgehead atoms. The number of aromatic nitrogens is 2. The third-order valence-electron chi connectivity index (χ3n) is 2.28. The van der Waals surface area contributed by atoms with Crippen molar-refractivity contribution in [3.05, 3.63) is 22.1 Å². The summed E-state index contributed by atoms with van der Waals surface area (Å²) in [5, 5.41) is 6.85. The monoisotopic (exact) mass is 343 g/mol. The maximum absolute atomic E-state index is 11.8. The number of aryl methyl sites for hydroxylation is 1. The number of methoxy groups -OCH3 is 1. The third kappa shape index (κ3) is 5.10. The van der Waals surface area contributed by atoms with Gasteiger partial charge in [-0.15, -0.1) is 22.7 Å². The van der Waals surface area contributed by atoms with Crippen LogP contribution in [0, 0.1) is 6.92 Å². The molecule has 0 aliphatic rings. The number of thiazole rings is 2. The second-order valence-corrected chi connectivity index (χ2v) is 6.93. The van der Waals surface area contributed by atoms with Crippen LogP contribution in [-0.2, 0) is 20.7 Å². The zero-order valence-corrected chi connectivity index (χ0v) is 13.9. The Balaban J connectivity index is 1.81. The molecule has 0 fully saturated rings. The lowest BCUT2D eigenvalue weighted by molar-refractivity contribution is -0.139. The highest BCUT2D eigenvalue weighted by Crippen LogP contribution is 2.23. The smallest absolute Gasteiger partial charge is 0.311 e. The van der Waals surface area contributed by atoms with Gasteiger partial charge >= 0.3 is 5.97 Å². The zero-order chi connectivity index (χ0) is 15.2. The van der Waals surface area contributed by atoms with Crippen molar-refractivity contribution in [1.29, 1.82) is 0 Å². The Hall–Kier alpha value is -1.45. The molecular formula is C12H13N3O3S3. The molecule has 2 aromatic rings. The molecule has 1 amide bonds. The Morgan fingerprint density at radius 3 is 2.81 bits per heavy atom. The number of hydrogen-bond donors (Lipinski definition) is 1. The molecule has 0 aliphatic carbocycles.